The van der Waals surface area contributed by atoms with Crippen LogP contribution in [-0.4, -0.2) is 21.1 Å². The van der Waals surface area contributed by atoms with E-state index in [4.69, 9.17) is 4.74 Å². The van der Waals surface area contributed by atoms with E-state index in [9.17, 15) is 9.47 Å². The van der Waals surface area contributed by atoms with E-state index in [1.165, 1.54) is 25.7 Å². The highest BCUT2D eigenvalue weighted by Crippen LogP contribution is 2.35. The zero-order chi connectivity index (χ0) is 24.0. The Morgan fingerprint density at radius 2 is 1.85 bits per heavy atom. The van der Waals surface area contributed by atoms with Crippen molar-refractivity contribution in [3.8, 4) is 23.1 Å². The fourth-order valence-electron chi connectivity index (χ4n) is 4.26. The van der Waals surface area contributed by atoms with Crippen molar-refractivity contribution in [2.24, 2.45) is 5.92 Å². The molecule has 1 heterocycles. The van der Waals surface area contributed by atoms with Gasteiger partial charge in [-0.1, -0.05) is 44.7 Å². The van der Waals surface area contributed by atoms with Crippen molar-refractivity contribution in [2.75, 3.05) is 11.8 Å². The second-order valence-corrected chi connectivity index (χ2v) is 10.6. The Labute approximate surface area is 200 Å². The third-order valence-corrected chi connectivity index (χ3v) is 7.44. The van der Waals surface area contributed by atoms with E-state index >= 15 is 0 Å². The molecule has 6 heteroatoms. The molecule has 1 N–H and O–H groups in total. The standard InChI is InChI=1S/C21H23N3O2S.C6H12/c1-5-24-20-12-17(26-4)10-11-18(20)19(13-22)21(24)15-6-8-16(9-7-15)23-27(25)14(2)3;1-6-4-2-3-5-6/h6-12,14,23H,5H2,1-4H3;6H,2-5H2,1H3. The maximum absolute atomic E-state index is 12.0. The van der Waals surface area contributed by atoms with Crippen LogP contribution in [0.2, 0.25) is 0 Å². The third kappa shape index (κ3) is 5.78. The predicted molar refractivity (Wildman–Crippen MR) is 139 cm³/mol. The number of methoxy groups -OCH3 is 1. The summed E-state index contributed by atoms with van der Waals surface area (Å²) in [7, 11) is 0.515. The molecule has 0 aliphatic heterocycles. The number of ether oxygens (including phenoxy) is 1. The number of nitrogens with one attached hydrogen (secondary N) is 1. The van der Waals surface area contributed by atoms with Gasteiger partial charge in [0.15, 0.2) is 0 Å². The molecule has 176 valence electrons. The fourth-order valence-corrected chi connectivity index (χ4v) is 4.86. The zero-order valence-corrected chi connectivity index (χ0v) is 21.2. The summed E-state index contributed by atoms with van der Waals surface area (Å²) < 4.78 is 22.5. The maximum atomic E-state index is 12.0. The summed E-state index contributed by atoms with van der Waals surface area (Å²) in [6, 6.07) is 15.8. The molecule has 1 aliphatic carbocycles. The monoisotopic (exact) mass is 465 g/mol. The van der Waals surface area contributed by atoms with Gasteiger partial charge in [-0.15, -0.1) is 0 Å². The second kappa shape index (κ2) is 11.4. The Morgan fingerprint density at radius 1 is 1.18 bits per heavy atom. The van der Waals surface area contributed by atoms with Crippen LogP contribution in [0.4, 0.5) is 5.69 Å². The summed E-state index contributed by atoms with van der Waals surface area (Å²) in [6.45, 7) is 8.95. The van der Waals surface area contributed by atoms with Crippen molar-refractivity contribution >= 4 is 27.6 Å². The number of anilines is 1. The van der Waals surface area contributed by atoms with Gasteiger partial charge >= 0.3 is 0 Å². The van der Waals surface area contributed by atoms with E-state index in [1.807, 2.05) is 56.3 Å². The number of nitriles is 1. The molecule has 0 saturated heterocycles. The molecule has 1 unspecified atom stereocenters. The van der Waals surface area contributed by atoms with Gasteiger partial charge in [0.25, 0.3) is 0 Å². The van der Waals surface area contributed by atoms with Crippen LogP contribution in [0.15, 0.2) is 42.5 Å². The minimum atomic E-state index is -1.12. The Bertz CT molecular complexity index is 1140. The first-order valence-corrected chi connectivity index (χ1v) is 13.0. The van der Waals surface area contributed by atoms with Crippen LogP contribution >= 0.6 is 0 Å². The summed E-state index contributed by atoms with van der Waals surface area (Å²) in [5.41, 5.74) is 4.27. The molecule has 1 atom stereocenters. The molecule has 2 aromatic carbocycles. The molecular formula is C27H35N3O2S. The Hall–Kier alpha value is -2.78. The summed E-state index contributed by atoms with van der Waals surface area (Å²) in [5, 5.41) is 10.8. The van der Waals surface area contributed by atoms with Crippen LogP contribution in [0.3, 0.4) is 0 Å². The van der Waals surface area contributed by atoms with Crippen molar-refractivity contribution in [3.63, 3.8) is 0 Å². The van der Waals surface area contributed by atoms with Gasteiger partial charge in [0.1, 0.15) is 22.8 Å². The molecule has 5 nitrogen and oxygen atoms in total. The zero-order valence-electron chi connectivity index (χ0n) is 20.4. The van der Waals surface area contributed by atoms with Crippen molar-refractivity contribution < 1.29 is 8.95 Å². The van der Waals surface area contributed by atoms with Gasteiger partial charge in [-0.05, 0) is 56.5 Å². The van der Waals surface area contributed by atoms with E-state index in [1.54, 1.807) is 7.11 Å². The Kier molecular flexibility index (Phi) is 8.57. The van der Waals surface area contributed by atoms with E-state index in [2.05, 4.69) is 29.2 Å². The van der Waals surface area contributed by atoms with Gasteiger partial charge in [-0.2, -0.15) is 5.26 Å². The minimum Gasteiger partial charge on any atom is -0.497 e. The highest BCUT2D eigenvalue weighted by molar-refractivity contribution is 7.86. The molecule has 0 spiro atoms. The van der Waals surface area contributed by atoms with E-state index in [0.717, 1.165) is 46.1 Å². The lowest BCUT2D eigenvalue weighted by molar-refractivity contribution is 0.415. The topological polar surface area (TPSA) is 67.0 Å². The normalized spacial score (nSPS) is 14.6. The van der Waals surface area contributed by atoms with Gasteiger partial charge in [0, 0.05) is 28.9 Å². The van der Waals surface area contributed by atoms with Crippen molar-refractivity contribution in [1.29, 1.82) is 5.26 Å². The maximum Gasteiger partial charge on any atom is 0.120 e. The first-order chi connectivity index (χ1) is 15.9. The van der Waals surface area contributed by atoms with Crippen LogP contribution in [0.1, 0.15) is 58.9 Å². The number of aryl methyl sites for hydroxylation is 1. The van der Waals surface area contributed by atoms with Crippen LogP contribution in [-0.2, 0) is 17.5 Å². The first-order valence-electron chi connectivity index (χ1n) is 11.8. The van der Waals surface area contributed by atoms with Crippen LogP contribution in [0.25, 0.3) is 22.2 Å². The number of benzene rings is 2. The fraction of sp³-hybridized carbons (Fsp3) is 0.444. The summed E-state index contributed by atoms with van der Waals surface area (Å²) >= 11 is 0. The molecule has 1 aliphatic rings. The van der Waals surface area contributed by atoms with Gasteiger partial charge in [0.2, 0.25) is 0 Å². The molecule has 0 radical (unpaired) electrons. The van der Waals surface area contributed by atoms with Crippen LogP contribution in [0.5, 0.6) is 5.75 Å². The highest BCUT2D eigenvalue weighted by atomic mass is 32.2. The van der Waals surface area contributed by atoms with Gasteiger partial charge in [-0.3, -0.25) is 0 Å². The van der Waals surface area contributed by atoms with Crippen LogP contribution in [0, 0.1) is 17.2 Å². The molecule has 1 aromatic heterocycles. The molecule has 4 rings (SSSR count). The SMILES string of the molecule is CC1CCCC1.CCn1c(-c2ccc(NS(=O)C(C)C)cc2)c(C#N)c2ccc(OC)cc21. The number of rotatable bonds is 6. The minimum absolute atomic E-state index is 0.0347. The smallest absolute Gasteiger partial charge is 0.120 e. The highest BCUT2D eigenvalue weighted by Gasteiger charge is 2.18. The van der Waals surface area contributed by atoms with Gasteiger partial charge in [0.05, 0.1) is 23.9 Å². The largest absolute Gasteiger partial charge is 0.497 e. The van der Waals surface area contributed by atoms with Crippen LogP contribution < -0.4 is 9.46 Å². The number of aromatic nitrogens is 1. The number of fused-ring (bicyclic) bond motifs is 1. The second-order valence-electron chi connectivity index (χ2n) is 8.88. The molecule has 0 bridgehead atoms. The number of nitrogens with zero attached hydrogens (tertiary/aromatic N) is 2. The lowest BCUT2D eigenvalue weighted by Crippen LogP contribution is -2.14. The Balaban J connectivity index is 0.000000442. The Morgan fingerprint density at radius 3 is 2.33 bits per heavy atom. The predicted octanol–water partition coefficient (Wildman–Crippen LogP) is 6.89. The number of hydrogen-bond donors (Lipinski definition) is 1. The molecule has 0 amide bonds. The van der Waals surface area contributed by atoms with Crippen molar-refractivity contribution in [3.05, 3.63) is 48.0 Å². The lowest BCUT2D eigenvalue weighted by atomic mass is 10.1. The average molecular weight is 466 g/mol. The third-order valence-electron chi connectivity index (χ3n) is 6.15. The van der Waals surface area contributed by atoms with E-state index < -0.39 is 11.0 Å². The van der Waals surface area contributed by atoms with Crippen molar-refractivity contribution in [2.45, 2.75) is 65.2 Å². The summed E-state index contributed by atoms with van der Waals surface area (Å²) in [5.74, 6) is 1.81. The first kappa shape index (κ1) is 24.9. The van der Waals surface area contributed by atoms with Gasteiger partial charge < -0.3 is 14.0 Å². The average Bonchev–Trinajstić information content (AvgIpc) is 3.43. The van der Waals surface area contributed by atoms with Crippen molar-refractivity contribution in [1.82, 2.24) is 4.57 Å². The molecule has 1 saturated carbocycles. The number of hydrogen-bond acceptors (Lipinski definition) is 3. The molecular weight excluding hydrogens is 430 g/mol. The van der Waals surface area contributed by atoms with E-state index in [-0.39, 0.29) is 5.25 Å². The lowest BCUT2D eigenvalue weighted by Gasteiger charge is -2.11. The molecule has 33 heavy (non-hydrogen) atoms. The summed E-state index contributed by atoms with van der Waals surface area (Å²) in [6.07, 6.45) is 5.95. The molecule has 3 aromatic rings. The molecule has 1 fully saturated rings. The van der Waals surface area contributed by atoms with E-state index in [0.29, 0.717) is 5.56 Å². The van der Waals surface area contributed by atoms with Gasteiger partial charge in [-0.25, -0.2) is 4.21 Å². The quantitative estimate of drug-likeness (QED) is 0.431. The summed E-state index contributed by atoms with van der Waals surface area (Å²) in [4.78, 5) is 0.